The number of halogens is 2. The molecule has 156 valence electrons. The Bertz CT molecular complexity index is 1070. The summed E-state index contributed by atoms with van der Waals surface area (Å²) in [4.78, 5) is 24.1. The van der Waals surface area contributed by atoms with Gasteiger partial charge in [0, 0.05) is 11.6 Å². The van der Waals surface area contributed by atoms with Crippen LogP contribution in [0.1, 0.15) is 35.4 Å². The second-order valence-corrected chi connectivity index (χ2v) is 6.72. The van der Waals surface area contributed by atoms with Crippen LogP contribution in [0, 0.1) is 5.82 Å². The predicted octanol–water partition coefficient (Wildman–Crippen LogP) is 4.01. The summed E-state index contributed by atoms with van der Waals surface area (Å²) in [7, 11) is 0. The maximum Gasteiger partial charge on any atom is 0.305 e. The molecule has 0 fully saturated rings. The van der Waals surface area contributed by atoms with Crippen LogP contribution in [0.3, 0.4) is 0 Å². The van der Waals surface area contributed by atoms with Crippen molar-refractivity contribution in [2.75, 3.05) is 6.61 Å². The van der Waals surface area contributed by atoms with E-state index in [4.69, 9.17) is 16.3 Å². The summed E-state index contributed by atoms with van der Waals surface area (Å²) < 4.78 is 21.1. The van der Waals surface area contributed by atoms with Crippen LogP contribution in [0.2, 0.25) is 5.02 Å². The Hall–Kier alpha value is -3.39. The van der Waals surface area contributed by atoms with Crippen molar-refractivity contribution in [2.24, 2.45) is 0 Å². The lowest BCUT2D eigenvalue weighted by Crippen LogP contribution is -2.31. The molecule has 3 rings (SSSR count). The average molecular weight is 432 g/mol. The van der Waals surface area contributed by atoms with Gasteiger partial charge in [-0.2, -0.15) is 9.78 Å². The Morgan fingerprint density at radius 1 is 1.23 bits per heavy atom. The fourth-order valence-electron chi connectivity index (χ4n) is 2.92. The van der Waals surface area contributed by atoms with Gasteiger partial charge >= 0.3 is 5.97 Å². The molecule has 2 N–H and O–H groups in total. The smallest absolute Gasteiger partial charge is 0.305 e. The number of para-hydroxylation sites is 1. The molecule has 0 aliphatic carbocycles. The van der Waals surface area contributed by atoms with E-state index in [1.807, 2.05) is 0 Å². The van der Waals surface area contributed by atoms with Crippen molar-refractivity contribution in [1.29, 1.82) is 0 Å². The SMILES string of the molecule is CCOc1cc(C(=O)N[C@@H](CC(=O)O)c2ccccc2F)nn1-c1ccccc1Cl. The first kappa shape index (κ1) is 21.3. The van der Waals surface area contributed by atoms with Crippen LogP contribution in [0.4, 0.5) is 4.39 Å². The molecule has 1 amide bonds. The minimum absolute atomic E-state index is 0.0231. The van der Waals surface area contributed by atoms with Gasteiger partial charge in [-0.15, -0.1) is 0 Å². The highest BCUT2D eigenvalue weighted by molar-refractivity contribution is 6.32. The van der Waals surface area contributed by atoms with E-state index >= 15 is 0 Å². The first-order valence-electron chi connectivity index (χ1n) is 9.15. The summed E-state index contributed by atoms with van der Waals surface area (Å²) in [6.07, 6.45) is -0.490. The molecule has 3 aromatic rings. The van der Waals surface area contributed by atoms with Crippen molar-refractivity contribution in [3.63, 3.8) is 0 Å². The van der Waals surface area contributed by atoms with Gasteiger partial charge in [0.1, 0.15) is 5.82 Å². The number of benzene rings is 2. The van der Waals surface area contributed by atoms with E-state index in [2.05, 4.69) is 10.4 Å². The van der Waals surface area contributed by atoms with Crippen molar-refractivity contribution >= 4 is 23.5 Å². The van der Waals surface area contributed by atoms with Crippen LogP contribution in [-0.4, -0.2) is 33.4 Å². The number of carbonyl (C=O) groups excluding carboxylic acids is 1. The van der Waals surface area contributed by atoms with Gasteiger partial charge in [0.15, 0.2) is 5.69 Å². The number of aliphatic carboxylic acids is 1. The lowest BCUT2D eigenvalue weighted by Gasteiger charge is -2.17. The van der Waals surface area contributed by atoms with Crippen LogP contribution in [-0.2, 0) is 4.79 Å². The van der Waals surface area contributed by atoms with E-state index < -0.39 is 30.2 Å². The molecule has 1 atom stereocenters. The first-order valence-corrected chi connectivity index (χ1v) is 9.53. The molecule has 1 aromatic heterocycles. The molecule has 30 heavy (non-hydrogen) atoms. The van der Waals surface area contributed by atoms with Crippen LogP contribution in [0.25, 0.3) is 5.69 Å². The highest BCUT2D eigenvalue weighted by Gasteiger charge is 2.24. The maximum atomic E-state index is 14.2. The van der Waals surface area contributed by atoms with E-state index in [1.54, 1.807) is 37.3 Å². The zero-order chi connectivity index (χ0) is 21.7. The topological polar surface area (TPSA) is 93.4 Å². The van der Waals surface area contributed by atoms with E-state index in [-0.39, 0.29) is 17.1 Å². The van der Waals surface area contributed by atoms with Gasteiger partial charge in [0.05, 0.1) is 29.8 Å². The molecular weight excluding hydrogens is 413 g/mol. The molecule has 0 radical (unpaired) electrons. The van der Waals surface area contributed by atoms with Crippen LogP contribution < -0.4 is 10.1 Å². The van der Waals surface area contributed by atoms with Gasteiger partial charge in [-0.3, -0.25) is 9.59 Å². The van der Waals surface area contributed by atoms with Gasteiger partial charge in [-0.05, 0) is 25.1 Å². The number of nitrogens with zero attached hydrogens (tertiary/aromatic N) is 2. The largest absolute Gasteiger partial charge is 0.481 e. The van der Waals surface area contributed by atoms with E-state index in [0.29, 0.717) is 17.3 Å². The van der Waals surface area contributed by atoms with Gasteiger partial charge in [-0.1, -0.05) is 41.9 Å². The Balaban J connectivity index is 1.93. The minimum atomic E-state index is -1.18. The summed E-state index contributed by atoms with van der Waals surface area (Å²) in [5.41, 5.74) is 0.562. The number of carboxylic acids is 1. The second kappa shape index (κ2) is 9.41. The van der Waals surface area contributed by atoms with Crippen molar-refractivity contribution < 1.29 is 23.8 Å². The monoisotopic (exact) mass is 431 g/mol. The highest BCUT2D eigenvalue weighted by atomic mass is 35.5. The van der Waals surface area contributed by atoms with Crippen LogP contribution in [0.5, 0.6) is 5.88 Å². The Labute approximate surface area is 177 Å². The predicted molar refractivity (Wildman–Crippen MR) is 109 cm³/mol. The van der Waals surface area contributed by atoms with Crippen LogP contribution in [0.15, 0.2) is 54.6 Å². The molecule has 9 heteroatoms. The second-order valence-electron chi connectivity index (χ2n) is 6.31. The molecule has 0 saturated heterocycles. The van der Waals surface area contributed by atoms with E-state index in [9.17, 15) is 19.1 Å². The lowest BCUT2D eigenvalue weighted by atomic mass is 10.0. The van der Waals surface area contributed by atoms with Crippen molar-refractivity contribution in [1.82, 2.24) is 15.1 Å². The average Bonchev–Trinajstić information content (AvgIpc) is 3.12. The molecule has 0 spiro atoms. The fourth-order valence-corrected chi connectivity index (χ4v) is 3.14. The zero-order valence-electron chi connectivity index (χ0n) is 16.0. The molecule has 0 aliphatic rings. The molecule has 0 saturated carbocycles. The summed E-state index contributed by atoms with van der Waals surface area (Å²) >= 11 is 6.23. The van der Waals surface area contributed by atoms with Crippen molar-refractivity contribution in [3.05, 3.63) is 76.7 Å². The number of aromatic nitrogens is 2. The first-order chi connectivity index (χ1) is 14.4. The molecule has 7 nitrogen and oxygen atoms in total. The zero-order valence-corrected chi connectivity index (χ0v) is 16.8. The molecular formula is C21H19ClFN3O4. The number of hydrogen-bond donors (Lipinski definition) is 2. The van der Waals surface area contributed by atoms with E-state index in [0.717, 1.165) is 0 Å². The number of hydrogen-bond acceptors (Lipinski definition) is 4. The number of nitrogens with one attached hydrogen (secondary N) is 1. The summed E-state index contributed by atoms with van der Waals surface area (Å²) in [6.45, 7) is 2.11. The summed E-state index contributed by atoms with van der Waals surface area (Å²) in [5.74, 6) is -2.17. The van der Waals surface area contributed by atoms with Gasteiger partial charge in [0.25, 0.3) is 5.91 Å². The number of rotatable bonds is 8. The minimum Gasteiger partial charge on any atom is -0.481 e. The van der Waals surface area contributed by atoms with Gasteiger partial charge in [0.2, 0.25) is 5.88 Å². The highest BCUT2D eigenvalue weighted by Crippen LogP contribution is 2.26. The summed E-state index contributed by atoms with van der Waals surface area (Å²) in [6, 6.07) is 12.9. The number of ether oxygens (including phenoxy) is 1. The standard InChI is InChI=1S/C21H19ClFN3O4/c1-2-30-19-11-17(25-26(19)18-10-6-4-8-14(18)22)21(29)24-16(12-20(27)28)13-7-3-5-9-15(13)23/h3-11,16H,2,12H2,1H3,(H,24,29)(H,27,28)/t16-/m0/s1. The Kier molecular flexibility index (Phi) is 6.68. The fraction of sp³-hybridized carbons (Fsp3) is 0.190. The number of amides is 1. The normalized spacial score (nSPS) is 11.7. The third kappa shape index (κ3) is 4.77. The van der Waals surface area contributed by atoms with E-state index in [1.165, 1.54) is 28.9 Å². The van der Waals surface area contributed by atoms with Crippen LogP contribution >= 0.6 is 11.6 Å². The third-order valence-corrected chi connectivity index (χ3v) is 4.57. The molecule has 0 unspecified atom stereocenters. The maximum absolute atomic E-state index is 14.2. The molecule has 1 heterocycles. The number of carboxylic acid groups (broad SMARTS) is 1. The van der Waals surface area contributed by atoms with Crippen molar-refractivity contribution in [3.8, 4) is 11.6 Å². The Morgan fingerprint density at radius 2 is 1.93 bits per heavy atom. The Morgan fingerprint density at radius 3 is 2.60 bits per heavy atom. The molecule has 2 aromatic carbocycles. The molecule has 0 aliphatic heterocycles. The third-order valence-electron chi connectivity index (χ3n) is 4.25. The summed E-state index contributed by atoms with van der Waals surface area (Å²) in [5, 5.41) is 16.4. The molecule has 0 bridgehead atoms. The quantitative estimate of drug-likeness (QED) is 0.562. The van der Waals surface area contributed by atoms with Gasteiger partial charge in [-0.25, -0.2) is 4.39 Å². The number of carbonyl (C=O) groups is 2. The lowest BCUT2D eigenvalue weighted by molar-refractivity contribution is -0.137. The van der Waals surface area contributed by atoms with Gasteiger partial charge < -0.3 is 15.2 Å². The van der Waals surface area contributed by atoms with Crippen molar-refractivity contribution in [2.45, 2.75) is 19.4 Å².